The van der Waals surface area contributed by atoms with Crippen LogP contribution in [0.4, 0.5) is 13.2 Å². The number of amides is 1. The maximum atomic E-state index is 12.3. The van der Waals surface area contributed by atoms with E-state index < -0.39 is 11.7 Å². The lowest BCUT2D eigenvalue weighted by atomic mass is 10.1. The number of nitrogens with one attached hydrogen (secondary N) is 1. The molecule has 0 aromatic rings. The molecule has 0 radical (unpaired) electrons. The van der Waals surface area contributed by atoms with Gasteiger partial charge in [0.2, 0.25) is 5.91 Å². The van der Waals surface area contributed by atoms with Crippen molar-refractivity contribution in [2.75, 3.05) is 19.6 Å². The first-order chi connectivity index (χ1) is 7.80. The highest BCUT2D eigenvalue weighted by Gasteiger charge is 2.35. The Labute approximate surface area is 98.7 Å². The number of nitrogens with zero attached hydrogens (tertiary/aromatic N) is 1. The van der Waals surface area contributed by atoms with Crippen LogP contribution < -0.4 is 5.32 Å². The van der Waals surface area contributed by atoms with Crippen LogP contribution in [0.3, 0.4) is 0 Å². The molecular formula is C11H17F3N2O. The van der Waals surface area contributed by atoms with Crippen LogP contribution in [-0.4, -0.2) is 42.7 Å². The molecule has 17 heavy (non-hydrogen) atoms. The monoisotopic (exact) mass is 250 g/mol. The summed E-state index contributed by atoms with van der Waals surface area (Å²) in [4.78, 5) is 13.0. The van der Waals surface area contributed by atoms with Gasteiger partial charge in [0, 0.05) is 24.7 Å². The van der Waals surface area contributed by atoms with Crippen LogP contribution in [0.5, 0.6) is 0 Å². The Balaban J connectivity index is 2.46. The van der Waals surface area contributed by atoms with Gasteiger partial charge in [0.25, 0.3) is 0 Å². The average molecular weight is 250 g/mol. The number of alkyl halides is 3. The molecule has 0 aromatic heterocycles. The zero-order valence-electron chi connectivity index (χ0n) is 9.97. The van der Waals surface area contributed by atoms with E-state index in [2.05, 4.69) is 5.32 Å². The molecule has 98 valence electrons. The van der Waals surface area contributed by atoms with Crippen molar-refractivity contribution in [3.63, 3.8) is 0 Å². The maximum Gasteiger partial charge on any atom is 0.412 e. The van der Waals surface area contributed by atoms with Gasteiger partial charge in [0.1, 0.15) is 0 Å². The molecular weight excluding hydrogens is 233 g/mol. The lowest BCUT2D eigenvalue weighted by molar-refractivity contribution is -0.131. The molecule has 0 fully saturated rings. The summed E-state index contributed by atoms with van der Waals surface area (Å²) in [5.74, 6) is -0.156. The summed E-state index contributed by atoms with van der Waals surface area (Å²) >= 11 is 0. The van der Waals surface area contributed by atoms with Crippen molar-refractivity contribution < 1.29 is 18.0 Å². The Bertz CT molecular complexity index is 310. The van der Waals surface area contributed by atoms with Gasteiger partial charge >= 0.3 is 6.18 Å². The van der Waals surface area contributed by atoms with Gasteiger partial charge in [-0.25, -0.2) is 0 Å². The van der Waals surface area contributed by atoms with Gasteiger partial charge in [0.05, 0.1) is 6.54 Å². The van der Waals surface area contributed by atoms with Crippen molar-refractivity contribution >= 4 is 5.91 Å². The summed E-state index contributed by atoms with van der Waals surface area (Å²) in [6, 6.07) is 0.185. The minimum atomic E-state index is -4.26. The minimum Gasteiger partial charge on any atom is -0.338 e. The largest absolute Gasteiger partial charge is 0.412 e. The summed E-state index contributed by atoms with van der Waals surface area (Å²) in [6.45, 7) is 4.18. The van der Waals surface area contributed by atoms with Crippen molar-refractivity contribution in [3.05, 3.63) is 11.6 Å². The molecule has 1 aliphatic heterocycles. The molecule has 0 aliphatic carbocycles. The summed E-state index contributed by atoms with van der Waals surface area (Å²) in [6.07, 6.45) is -3.28. The van der Waals surface area contributed by atoms with Crippen LogP contribution in [0.2, 0.25) is 0 Å². The zero-order chi connectivity index (χ0) is 13.1. The molecule has 0 saturated heterocycles. The first-order valence-corrected chi connectivity index (χ1v) is 5.58. The second-order valence-electron chi connectivity index (χ2n) is 4.35. The summed E-state index contributed by atoms with van der Waals surface area (Å²) < 4.78 is 37.0. The molecule has 1 amide bonds. The molecule has 0 unspecified atom stereocenters. The molecule has 1 heterocycles. The lowest BCUT2D eigenvalue weighted by Gasteiger charge is -2.27. The number of carbonyl (C=O) groups is 1. The Morgan fingerprint density at radius 1 is 1.53 bits per heavy atom. The second-order valence-corrected chi connectivity index (χ2v) is 4.35. The third kappa shape index (κ3) is 4.38. The molecule has 1 rings (SSSR count). The number of hydrogen-bond donors (Lipinski definition) is 1. The van der Waals surface area contributed by atoms with Crippen molar-refractivity contribution in [1.29, 1.82) is 0 Å². The Morgan fingerprint density at radius 2 is 2.18 bits per heavy atom. The van der Waals surface area contributed by atoms with Gasteiger partial charge in [-0.3, -0.25) is 4.79 Å². The lowest BCUT2D eigenvalue weighted by Crippen LogP contribution is -2.42. The van der Waals surface area contributed by atoms with E-state index in [4.69, 9.17) is 0 Å². The molecule has 0 spiro atoms. The predicted octanol–water partition coefficient (Wildman–Crippen LogP) is 1.71. The standard InChI is InChI=1S/C11H17F3N2O/c1-8(2)15-7-10(17)16-5-3-9(4-6-16)11(12,13)14/h3,8,15H,4-7H2,1-2H3. The van der Waals surface area contributed by atoms with Crippen LogP contribution in [0, 0.1) is 0 Å². The smallest absolute Gasteiger partial charge is 0.338 e. The Kier molecular flexibility index (Phi) is 4.56. The number of halogens is 3. The summed E-state index contributed by atoms with van der Waals surface area (Å²) in [5.41, 5.74) is -0.529. The molecule has 0 saturated carbocycles. The van der Waals surface area contributed by atoms with Crippen molar-refractivity contribution in [2.24, 2.45) is 0 Å². The fourth-order valence-electron chi connectivity index (χ4n) is 1.56. The van der Waals surface area contributed by atoms with E-state index in [9.17, 15) is 18.0 Å². The van der Waals surface area contributed by atoms with Gasteiger partial charge in [-0.1, -0.05) is 19.9 Å². The zero-order valence-corrected chi connectivity index (χ0v) is 9.97. The fourth-order valence-corrected chi connectivity index (χ4v) is 1.56. The van der Waals surface area contributed by atoms with Crippen molar-refractivity contribution in [1.82, 2.24) is 10.2 Å². The van der Waals surface area contributed by atoms with E-state index >= 15 is 0 Å². The number of hydrogen-bond acceptors (Lipinski definition) is 2. The van der Waals surface area contributed by atoms with Gasteiger partial charge < -0.3 is 10.2 Å². The van der Waals surface area contributed by atoms with Gasteiger partial charge in [-0.15, -0.1) is 0 Å². The van der Waals surface area contributed by atoms with E-state index in [0.29, 0.717) is 0 Å². The van der Waals surface area contributed by atoms with Crippen LogP contribution in [0.1, 0.15) is 20.3 Å². The first kappa shape index (κ1) is 14.0. The fraction of sp³-hybridized carbons (Fsp3) is 0.727. The highest BCUT2D eigenvalue weighted by molar-refractivity contribution is 5.78. The molecule has 0 aromatic carbocycles. The van der Waals surface area contributed by atoms with Gasteiger partial charge in [-0.2, -0.15) is 13.2 Å². The van der Waals surface area contributed by atoms with E-state index in [1.807, 2.05) is 13.8 Å². The normalized spacial score (nSPS) is 17.3. The minimum absolute atomic E-state index is 0.0491. The second kappa shape index (κ2) is 5.53. The van der Waals surface area contributed by atoms with Gasteiger partial charge in [-0.05, 0) is 6.42 Å². The quantitative estimate of drug-likeness (QED) is 0.773. The summed E-state index contributed by atoms with van der Waals surface area (Å²) in [7, 11) is 0. The van der Waals surface area contributed by atoms with E-state index in [-0.39, 0.29) is 38.0 Å². The molecule has 6 heteroatoms. The molecule has 3 nitrogen and oxygen atoms in total. The molecule has 0 atom stereocenters. The van der Waals surface area contributed by atoms with Crippen molar-refractivity contribution in [3.8, 4) is 0 Å². The highest BCUT2D eigenvalue weighted by atomic mass is 19.4. The Morgan fingerprint density at radius 3 is 2.59 bits per heavy atom. The van der Waals surface area contributed by atoms with Gasteiger partial charge in [0.15, 0.2) is 0 Å². The number of rotatable bonds is 3. The number of carbonyl (C=O) groups excluding carboxylic acids is 1. The van der Waals surface area contributed by atoms with Crippen LogP contribution in [0.25, 0.3) is 0 Å². The van der Waals surface area contributed by atoms with E-state index in [1.165, 1.54) is 4.90 Å². The maximum absolute atomic E-state index is 12.3. The third-order valence-electron chi connectivity index (χ3n) is 2.59. The summed E-state index contributed by atoms with van der Waals surface area (Å²) in [5, 5.41) is 2.95. The highest BCUT2D eigenvalue weighted by Crippen LogP contribution is 2.29. The van der Waals surface area contributed by atoms with Crippen LogP contribution >= 0.6 is 0 Å². The average Bonchev–Trinajstić information content (AvgIpc) is 2.25. The predicted molar refractivity (Wildman–Crippen MR) is 58.5 cm³/mol. The van der Waals surface area contributed by atoms with E-state index in [1.54, 1.807) is 0 Å². The first-order valence-electron chi connectivity index (χ1n) is 5.58. The Hall–Kier alpha value is -1.04. The molecule has 1 aliphatic rings. The molecule has 1 N–H and O–H groups in total. The SMILES string of the molecule is CC(C)NCC(=O)N1CC=C(C(F)(F)F)CC1. The molecule has 0 bridgehead atoms. The topological polar surface area (TPSA) is 32.3 Å². The van der Waals surface area contributed by atoms with Crippen LogP contribution in [-0.2, 0) is 4.79 Å². The van der Waals surface area contributed by atoms with Crippen molar-refractivity contribution in [2.45, 2.75) is 32.5 Å². The third-order valence-corrected chi connectivity index (χ3v) is 2.59. The van der Waals surface area contributed by atoms with E-state index in [0.717, 1.165) is 6.08 Å². The van der Waals surface area contributed by atoms with Crippen LogP contribution in [0.15, 0.2) is 11.6 Å².